The Morgan fingerprint density at radius 1 is 1.40 bits per heavy atom. The summed E-state index contributed by atoms with van der Waals surface area (Å²) in [6.45, 7) is 12.4. The van der Waals surface area contributed by atoms with E-state index in [9.17, 15) is 0 Å². The van der Waals surface area contributed by atoms with Crippen LogP contribution in [-0.2, 0) is 5.41 Å². The minimum absolute atomic E-state index is 0.158. The van der Waals surface area contributed by atoms with E-state index in [1.54, 1.807) is 0 Å². The Morgan fingerprint density at radius 2 is 2.15 bits per heavy atom. The van der Waals surface area contributed by atoms with Crippen LogP contribution in [0.1, 0.15) is 77.0 Å². The predicted molar refractivity (Wildman–Crippen MR) is 88.4 cm³/mol. The number of rotatable bonds is 4. The SMILES string of the molecule is CCNC(c1nc(C(C)(C)C)cs1)C1CCCC(C)C1. The molecule has 0 saturated heterocycles. The monoisotopic (exact) mass is 294 g/mol. The van der Waals surface area contributed by atoms with E-state index in [1.165, 1.54) is 36.4 Å². The van der Waals surface area contributed by atoms with E-state index < -0.39 is 0 Å². The van der Waals surface area contributed by atoms with E-state index in [-0.39, 0.29) is 5.41 Å². The molecule has 1 aliphatic rings. The van der Waals surface area contributed by atoms with Crippen molar-refractivity contribution < 1.29 is 0 Å². The largest absolute Gasteiger partial charge is 0.308 e. The van der Waals surface area contributed by atoms with Crippen molar-refractivity contribution in [2.75, 3.05) is 6.54 Å². The highest BCUT2D eigenvalue weighted by molar-refractivity contribution is 7.09. The van der Waals surface area contributed by atoms with Crippen molar-refractivity contribution in [3.63, 3.8) is 0 Å². The first-order valence-corrected chi connectivity index (χ1v) is 8.99. The molecule has 1 aromatic rings. The molecule has 0 bridgehead atoms. The van der Waals surface area contributed by atoms with Crippen molar-refractivity contribution in [3.8, 4) is 0 Å². The van der Waals surface area contributed by atoms with Crippen LogP contribution in [0.25, 0.3) is 0 Å². The van der Waals surface area contributed by atoms with Gasteiger partial charge in [0.25, 0.3) is 0 Å². The van der Waals surface area contributed by atoms with Gasteiger partial charge in [0, 0.05) is 10.8 Å². The first kappa shape index (κ1) is 16.0. The fourth-order valence-electron chi connectivity index (χ4n) is 3.23. The van der Waals surface area contributed by atoms with Crippen LogP contribution >= 0.6 is 11.3 Å². The summed E-state index contributed by atoms with van der Waals surface area (Å²) < 4.78 is 0. The molecule has 1 N–H and O–H groups in total. The minimum atomic E-state index is 0.158. The number of thiazole rings is 1. The molecule has 1 fully saturated rings. The molecule has 2 rings (SSSR count). The van der Waals surface area contributed by atoms with Crippen molar-refractivity contribution >= 4 is 11.3 Å². The van der Waals surface area contributed by atoms with E-state index in [1.807, 2.05) is 11.3 Å². The van der Waals surface area contributed by atoms with Crippen LogP contribution in [-0.4, -0.2) is 11.5 Å². The van der Waals surface area contributed by atoms with Gasteiger partial charge in [0.15, 0.2) is 0 Å². The second-order valence-corrected chi connectivity index (χ2v) is 8.28. The van der Waals surface area contributed by atoms with Gasteiger partial charge < -0.3 is 5.32 Å². The van der Waals surface area contributed by atoms with Gasteiger partial charge >= 0.3 is 0 Å². The lowest BCUT2D eigenvalue weighted by molar-refractivity contribution is 0.224. The third-order valence-corrected chi connectivity index (χ3v) is 5.36. The van der Waals surface area contributed by atoms with Crippen LogP contribution in [0.2, 0.25) is 0 Å². The number of hydrogen-bond acceptors (Lipinski definition) is 3. The van der Waals surface area contributed by atoms with Gasteiger partial charge in [-0.15, -0.1) is 11.3 Å². The Morgan fingerprint density at radius 3 is 2.70 bits per heavy atom. The summed E-state index contributed by atoms with van der Waals surface area (Å²) in [6.07, 6.45) is 5.49. The summed E-state index contributed by atoms with van der Waals surface area (Å²) in [6, 6.07) is 0.462. The van der Waals surface area contributed by atoms with Crippen LogP contribution in [0.3, 0.4) is 0 Å². The average molecular weight is 295 g/mol. The van der Waals surface area contributed by atoms with Crippen LogP contribution in [0, 0.1) is 11.8 Å². The molecule has 3 atom stereocenters. The third-order valence-electron chi connectivity index (χ3n) is 4.43. The van der Waals surface area contributed by atoms with Gasteiger partial charge in [0.05, 0.1) is 11.7 Å². The first-order chi connectivity index (χ1) is 9.41. The first-order valence-electron chi connectivity index (χ1n) is 8.11. The van der Waals surface area contributed by atoms with E-state index >= 15 is 0 Å². The molecular weight excluding hydrogens is 264 g/mol. The van der Waals surface area contributed by atoms with Gasteiger partial charge in [-0.3, -0.25) is 0 Å². The van der Waals surface area contributed by atoms with Crippen LogP contribution in [0.15, 0.2) is 5.38 Å². The molecule has 20 heavy (non-hydrogen) atoms. The molecule has 1 aliphatic carbocycles. The molecule has 0 amide bonds. The van der Waals surface area contributed by atoms with Gasteiger partial charge in [-0.1, -0.05) is 47.5 Å². The summed E-state index contributed by atoms with van der Waals surface area (Å²) in [4.78, 5) is 4.96. The maximum absolute atomic E-state index is 4.96. The maximum atomic E-state index is 4.96. The number of nitrogens with one attached hydrogen (secondary N) is 1. The molecule has 3 unspecified atom stereocenters. The third kappa shape index (κ3) is 3.82. The molecule has 1 aromatic heterocycles. The zero-order valence-corrected chi connectivity index (χ0v) is 14.5. The van der Waals surface area contributed by atoms with Gasteiger partial charge in [-0.05, 0) is 31.2 Å². The van der Waals surface area contributed by atoms with Crippen LogP contribution < -0.4 is 5.32 Å². The topological polar surface area (TPSA) is 24.9 Å². The minimum Gasteiger partial charge on any atom is -0.308 e. The van der Waals surface area contributed by atoms with Crippen molar-refractivity contribution in [2.24, 2.45) is 11.8 Å². The molecule has 1 saturated carbocycles. The highest BCUT2D eigenvalue weighted by atomic mass is 32.1. The second kappa shape index (κ2) is 6.57. The molecular formula is C17H30N2S. The Hall–Kier alpha value is -0.410. The lowest BCUT2D eigenvalue weighted by Gasteiger charge is -2.32. The molecule has 1 heterocycles. The summed E-state index contributed by atoms with van der Waals surface area (Å²) >= 11 is 1.85. The zero-order chi connectivity index (χ0) is 14.8. The Bertz CT molecular complexity index is 419. The van der Waals surface area contributed by atoms with Crippen LogP contribution in [0.4, 0.5) is 0 Å². The molecule has 3 heteroatoms. The van der Waals surface area contributed by atoms with Gasteiger partial charge in [0.2, 0.25) is 0 Å². The number of nitrogens with zero attached hydrogens (tertiary/aromatic N) is 1. The summed E-state index contributed by atoms with van der Waals surface area (Å²) in [5.74, 6) is 1.63. The van der Waals surface area contributed by atoms with Gasteiger partial charge in [0.1, 0.15) is 5.01 Å². The quantitative estimate of drug-likeness (QED) is 0.852. The smallest absolute Gasteiger partial charge is 0.110 e. The standard InChI is InChI=1S/C17H30N2S/c1-6-18-15(13-9-7-8-12(2)10-13)16-19-14(11-20-16)17(3,4)5/h11-13,15,18H,6-10H2,1-5H3. The van der Waals surface area contributed by atoms with E-state index in [2.05, 4.69) is 45.3 Å². The summed E-state index contributed by atoms with van der Waals surface area (Å²) in [7, 11) is 0. The van der Waals surface area contributed by atoms with Gasteiger partial charge in [-0.25, -0.2) is 4.98 Å². The van der Waals surface area contributed by atoms with E-state index in [0.717, 1.165) is 18.4 Å². The fourth-order valence-corrected chi connectivity index (χ4v) is 4.45. The highest BCUT2D eigenvalue weighted by Gasteiger charge is 2.30. The highest BCUT2D eigenvalue weighted by Crippen LogP contribution is 2.38. The van der Waals surface area contributed by atoms with Crippen molar-refractivity contribution in [1.82, 2.24) is 10.3 Å². The summed E-state index contributed by atoms with van der Waals surface area (Å²) in [5.41, 5.74) is 1.40. The maximum Gasteiger partial charge on any atom is 0.110 e. The molecule has 114 valence electrons. The number of hydrogen-bond donors (Lipinski definition) is 1. The molecule has 0 radical (unpaired) electrons. The van der Waals surface area contributed by atoms with Crippen molar-refractivity contribution in [2.45, 2.75) is 71.8 Å². The van der Waals surface area contributed by atoms with E-state index in [0.29, 0.717) is 6.04 Å². The fraction of sp³-hybridized carbons (Fsp3) is 0.824. The zero-order valence-electron chi connectivity index (χ0n) is 13.7. The molecule has 0 aromatic carbocycles. The van der Waals surface area contributed by atoms with E-state index in [4.69, 9.17) is 4.98 Å². The molecule has 0 spiro atoms. The lowest BCUT2D eigenvalue weighted by Crippen LogP contribution is -2.31. The number of aromatic nitrogens is 1. The Balaban J connectivity index is 2.17. The van der Waals surface area contributed by atoms with Crippen LogP contribution in [0.5, 0.6) is 0 Å². The summed E-state index contributed by atoms with van der Waals surface area (Å²) in [5, 5.41) is 7.26. The lowest BCUT2D eigenvalue weighted by atomic mass is 9.78. The predicted octanol–water partition coefficient (Wildman–Crippen LogP) is 4.92. The average Bonchev–Trinajstić information content (AvgIpc) is 2.85. The normalized spacial score (nSPS) is 25.6. The second-order valence-electron chi connectivity index (χ2n) is 7.39. The van der Waals surface area contributed by atoms with Crippen molar-refractivity contribution in [3.05, 3.63) is 16.1 Å². The van der Waals surface area contributed by atoms with Gasteiger partial charge in [-0.2, -0.15) is 0 Å². The Kier molecular flexibility index (Phi) is 5.25. The molecule has 2 nitrogen and oxygen atoms in total. The van der Waals surface area contributed by atoms with Crippen molar-refractivity contribution in [1.29, 1.82) is 0 Å². The Labute approximate surface area is 128 Å². The molecule has 0 aliphatic heterocycles.